The molecule has 1 atom stereocenters. The number of hydrogen-bond donors (Lipinski definition) is 1. The predicted octanol–water partition coefficient (Wildman–Crippen LogP) is 3.17. The van der Waals surface area contributed by atoms with Crippen LogP contribution in [0.4, 0.5) is 4.39 Å². The number of benzene rings is 1. The second-order valence-corrected chi connectivity index (χ2v) is 5.78. The second kappa shape index (κ2) is 5.72. The Morgan fingerprint density at radius 2 is 2.29 bits per heavy atom. The zero-order valence-electron chi connectivity index (χ0n) is 12.1. The number of halogens is 1. The van der Waals surface area contributed by atoms with E-state index in [1.54, 1.807) is 19.2 Å². The molecule has 0 radical (unpaired) electrons. The normalized spacial score (nSPS) is 18.2. The van der Waals surface area contributed by atoms with Crippen LogP contribution in [0.1, 0.15) is 28.0 Å². The summed E-state index contributed by atoms with van der Waals surface area (Å²) < 4.78 is 13.3. The molecule has 4 heteroatoms. The molecule has 1 N–H and O–H groups in total. The Balaban J connectivity index is 1.62. The van der Waals surface area contributed by atoms with E-state index >= 15 is 0 Å². The molecule has 1 saturated heterocycles. The van der Waals surface area contributed by atoms with Gasteiger partial charge < -0.3 is 9.88 Å². The maximum absolute atomic E-state index is 13.3. The van der Waals surface area contributed by atoms with Crippen LogP contribution in [0.25, 0.3) is 0 Å². The summed E-state index contributed by atoms with van der Waals surface area (Å²) in [6.07, 6.45) is 3.67. The molecule has 21 heavy (non-hydrogen) atoms. The third kappa shape index (κ3) is 2.99. The van der Waals surface area contributed by atoms with Gasteiger partial charge in [0.1, 0.15) is 11.5 Å². The number of aromatic nitrogens is 1. The quantitative estimate of drug-likeness (QED) is 0.924. The van der Waals surface area contributed by atoms with E-state index in [1.165, 1.54) is 6.07 Å². The zero-order chi connectivity index (χ0) is 14.8. The van der Waals surface area contributed by atoms with Gasteiger partial charge in [-0.15, -0.1) is 0 Å². The maximum Gasteiger partial charge on any atom is 0.270 e. The van der Waals surface area contributed by atoms with Crippen molar-refractivity contribution in [1.29, 1.82) is 0 Å². The van der Waals surface area contributed by atoms with Crippen molar-refractivity contribution < 1.29 is 9.18 Å². The summed E-state index contributed by atoms with van der Waals surface area (Å²) in [5.74, 6) is 0.361. The summed E-state index contributed by atoms with van der Waals surface area (Å²) in [5, 5.41) is 0. The van der Waals surface area contributed by atoms with E-state index in [9.17, 15) is 9.18 Å². The molecule has 1 amide bonds. The summed E-state index contributed by atoms with van der Waals surface area (Å²) in [6, 6.07) is 8.92. The highest BCUT2D eigenvalue weighted by Gasteiger charge is 2.27. The molecule has 1 unspecified atom stereocenters. The van der Waals surface area contributed by atoms with Crippen LogP contribution in [-0.2, 0) is 6.42 Å². The lowest BCUT2D eigenvalue weighted by molar-refractivity contribution is 0.0782. The van der Waals surface area contributed by atoms with Gasteiger partial charge in [0, 0.05) is 19.3 Å². The highest BCUT2D eigenvalue weighted by atomic mass is 19.1. The highest BCUT2D eigenvalue weighted by Crippen LogP contribution is 2.23. The van der Waals surface area contributed by atoms with Crippen LogP contribution in [0, 0.1) is 18.7 Å². The standard InChI is InChI=1S/C17H19FN2O/c1-12-9-13(4-5-15(12)18)10-14-6-8-20(11-14)17(21)16-3-2-7-19-16/h2-5,7,9,14,19H,6,8,10-11H2,1H3. The largest absolute Gasteiger partial charge is 0.357 e. The fourth-order valence-corrected chi connectivity index (χ4v) is 2.98. The molecule has 1 aromatic carbocycles. The molecule has 1 aromatic heterocycles. The maximum atomic E-state index is 13.3. The van der Waals surface area contributed by atoms with Crippen molar-refractivity contribution in [2.45, 2.75) is 19.8 Å². The van der Waals surface area contributed by atoms with Gasteiger partial charge in [0.2, 0.25) is 0 Å². The summed E-state index contributed by atoms with van der Waals surface area (Å²) in [4.78, 5) is 17.1. The van der Waals surface area contributed by atoms with Gasteiger partial charge in [-0.2, -0.15) is 0 Å². The fourth-order valence-electron chi connectivity index (χ4n) is 2.98. The van der Waals surface area contributed by atoms with Gasteiger partial charge in [-0.25, -0.2) is 4.39 Å². The molecule has 0 aliphatic carbocycles. The van der Waals surface area contributed by atoms with Crippen LogP contribution in [0.15, 0.2) is 36.5 Å². The molecule has 1 aliphatic rings. The summed E-state index contributed by atoms with van der Waals surface area (Å²) in [5.41, 5.74) is 2.48. The molecule has 1 aliphatic heterocycles. The van der Waals surface area contributed by atoms with Crippen LogP contribution in [-0.4, -0.2) is 28.9 Å². The van der Waals surface area contributed by atoms with Crippen molar-refractivity contribution in [3.05, 3.63) is 59.2 Å². The Kier molecular flexibility index (Phi) is 3.78. The Morgan fingerprint density at radius 3 is 3.00 bits per heavy atom. The predicted molar refractivity (Wildman–Crippen MR) is 79.6 cm³/mol. The first-order valence-electron chi connectivity index (χ1n) is 7.31. The lowest BCUT2D eigenvalue weighted by Gasteiger charge is -2.16. The molecule has 2 aromatic rings. The molecule has 2 heterocycles. The van der Waals surface area contributed by atoms with E-state index in [4.69, 9.17) is 0 Å². The molecule has 110 valence electrons. The number of nitrogens with zero attached hydrogens (tertiary/aromatic N) is 1. The third-order valence-electron chi connectivity index (χ3n) is 4.15. The molecule has 0 saturated carbocycles. The number of aromatic amines is 1. The number of likely N-dealkylation sites (tertiary alicyclic amines) is 1. The third-order valence-corrected chi connectivity index (χ3v) is 4.15. The van der Waals surface area contributed by atoms with Gasteiger partial charge in [-0.1, -0.05) is 12.1 Å². The lowest BCUT2D eigenvalue weighted by atomic mass is 9.97. The van der Waals surface area contributed by atoms with Gasteiger partial charge in [-0.3, -0.25) is 4.79 Å². The number of aryl methyl sites for hydroxylation is 1. The van der Waals surface area contributed by atoms with Crippen molar-refractivity contribution in [1.82, 2.24) is 9.88 Å². The highest BCUT2D eigenvalue weighted by molar-refractivity contribution is 5.92. The molecule has 0 spiro atoms. The first kappa shape index (κ1) is 13.9. The average Bonchev–Trinajstić information content (AvgIpc) is 3.13. The van der Waals surface area contributed by atoms with Crippen molar-refractivity contribution in [3.63, 3.8) is 0 Å². The molecule has 1 fully saturated rings. The minimum atomic E-state index is -0.159. The van der Waals surface area contributed by atoms with E-state index in [1.807, 2.05) is 23.1 Å². The first-order valence-corrected chi connectivity index (χ1v) is 7.31. The number of H-pyrrole nitrogens is 1. The SMILES string of the molecule is Cc1cc(CC2CCN(C(=O)c3ccc[nH]3)C2)ccc1F. The molecular weight excluding hydrogens is 267 g/mol. The van der Waals surface area contributed by atoms with Gasteiger partial charge in [0.05, 0.1) is 0 Å². The Hall–Kier alpha value is -2.10. The van der Waals surface area contributed by atoms with Crippen LogP contribution in [0.5, 0.6) is 0 Å². The minimum absolute atomic E-state index is 0.0674. The minimum Gasteiger partial charge on any atom is -0.357 e. The number of nitrogens with one attached hydrogen (secondary N) is 1. The molecule has 0 bridgehead atoms. The van der Waals surface area contributed by atoms with Crippen molar-refractivity contribution in [2.24, 2.45) is 5.92 Å². The Labute approximate surface area is 123 Å². The number of carbonyl (C=O) groups is 1. The van der Waals surface area contributed by atoms with E-state index in [-0.39, 0.29) is 11.7 Å². The number of amides is 1. The molecule has 3 nitrogen and oxygen atoms in total. The van der Waals surface area contributed by atoms with Crippen molar-refractivity contribution in [3.8, 4) is 0 Å². The van der Waals surface area contributed by atoms with Crippen LogP contribution in [0.3, 0.4) is 0 Å². The van der Waals surface area contributed by atoms with E-state index < -0.39 is 0 Å². The monoisotopic (exact) mass is 286 g/mol. The van der Waals surface area contributed by atoms with Gasteiger partial charge in [0.25, 0.3) is 5.91 Å². The van der Waals surface area contributed by atoms with Crippen LogP contribution >= 0.6 is 0 Å². The Bertz CT molecular complexity index is 636. The lowest BCUT2D eigenvalue weighted by Crippen LogP contribution is -2.29. The van der Waals surface area contributed by atoms with Crippen LogP contribution in [0.2, 0.25) is 0 Å². The number of hydrogen-bond acceptors (Lipinski definition) is 1. The van der Waals surface area contributed by atoms with Crippen molar-refractivity contribution in [2.75, 3.05) is 13.1 Å². The first-order chi connectivity index (χ1) is 10.1. The number of rotatable bonds is 3. The summed E-state index contributed by atoms with van der Waals surface area (Å²) in [7, 11) is 0. The Morgan fingerprint density at radius 1 is 1.43 bits per heavy atom. The average molecular weight is 286 g/mol. The van der Waals surface area contributed by atoms with E-state index in [0.29, 0.717) is 17.2 Å². The summed E-state index contributed by atoms with van der Waals surface area (Å²) in [6.45, 7) is 3.35. The smallest absolute Gasteiger partial charge is 0.270 e. The topological polar surface area (TPSA) is 36.1 Å². The van der Waals surface area contributed by atoms with Crippen LogP contribution < -0.4 is 0 Å². The molecular formula is C17H19FN2O. The van der Waals surface area contributed by atoms with Gasteiger partial charge in [0.15, 0.2) is 0 Å². The van der Waals surface area contributed by atoms with Crippen molar-refractivity contribution >= 4 is 5.91 Å². The van der Waals surface area contributed by atoms with E-state index in [2.05, 4.69) is 4.98 Å². The number of carbonyl (C=O) groups excluding carboxylic acids is 1. The fraction of sp³-hybridized carbons (Fsp3) is 0.353. The van der Waals surface area contributed by atoms with E-state index in [0.717, 1.165) is 31.5 Å². The zero-order valence-corrected chi connectivity index (χ0v) is 12.1. The van der Waals surface area contributed by atoms with Gasteiger partial charge in [-0.05, 0) is 55.0 Å². The molecule has 3 rings (SSSR count). The van der Waals surface area contributed by atoms with Gasteiger partial charge >= 0.3 is 0 Å². The second-order valence-electron chi connectivity index (χ2n) is 5.78. The summed E-state index contributed by atoms with van der Waals surface area (Å²) >= 11 is 0.